The van der Waals surface area contributed by atoms with Crippen LogP contribution in [-0.4, -0.2) is 52.0 Å². The highest BCUT2D eigenvalue weighted by molar-refractivity contribution is 7.09. The number of piperazine rings is 1. The standard InChI is InChI=1S/C20H24N6S/c1-2-25-10-12-26(13-11-25)18-9-8-16(14-21-18)15-22-20-23-19(24-27-20)17-6-4-3-5-7-17/h3-9,14H,2,10-13,15H2,1H3,(H,22,23,24). The van der Waals surface area contributed by atoms with Crippen LogP contribution in [0.3, 0.4) is 0 Å². The Labute approximate surface area is 164 Å². The monoisotopic (exact) mass is 380 g/mol. The molecule has 0 spiro atoms. The van der Waals surface area contributed by atoms with Crippen LogP contribution in [0.15, 0.2) is 48.7 Å². The van der Waals surface area contributed by atoms with Crippen molar-refractivity contribution in [1.29, 1.82) is 0 Å². The molecular weight excluding hydrogens is 356 g/mol. The Morgan fingerprint density at radius 1 is 1.04 bits per heavy atom. The highest BCUT2D eigenvalue weighted by Gasteiger charge is 2.16. The van der Waals surface area contributed by atoms with Crippen molar-refractivity contribution in [3.8, 4) is 11.4 Å². The Bertz CT molecular complexity index is 840. The van der Waals surface area contributed by atoms with Gasteiger partial charge in [-0.1, -0.05) is 43.3 Å². The first-order valence-electron chi connectivity index (χ1n) is 9.37. The molecule has 0 unspecified atom stereocenters. The van der Waals surface area contributed by atoms with Crippen LogP contribution in [0.5, 0.6) is 0 Å². The van der Waals surface area contributed by atoms with E-state index in [1.54, 1.807) is 0 Å². The maximum absolute atomic E-state index is 4.65. The van der Waals surface area contributed by atoms with E-state index in [0.29, 0.717) is 6.54 Å². The molecule has 0 saturated carbocycles. The first-order chi connectivity index (χ1) is 13.3. The highest BCUT2D eigenvalue weighted by atomic mass is 32.1. The van der Waals surface area contributed by atoms with Gasteiger partial charge in [-0.05, 0) is 18.2 Å². The summed E-state index contributed by atoms with van der Waals surface area (Å²) in [6.45, 7) is 8.36. The van der Waals surface area contributed by atoms with Gasteiger partial charge in [0.1, 0.15) is 5.82 Å². The number of anilines is 2. The molecular formula is C20H24N6S. The molecule has 0 radical (unpaired) electrons. The lowest BCUT2D eigenvalue weighted by Crippen LogP contribution is -2.46. The quantitative estimate of drug-likeness (QED) is 0.708. The van der Waals surface area contributed by atoms with Crippen LogP contribution < -0.4 is 10.2 Å². The van der Waals surface area contributed by atoms with E-state index in [9.17, 15) is 0 Å². The molecule has 4 rings (SSSR count). The Balaban J connectivity index is 1.32. The number of hydrogen-bond acceptors (Lipinski definition) is 7. The second-order valence-electron chi connectivity index (χ2n) is 6.59. The van der Waals surface area contributed by atoms with Crippen molar-refractivity contribution in [3.05, 3.63) is 54.2 Å². The smallest absolute Gasteiger partial charge is 0.203 e. The van der Waals surface area contributed by atoms with Gasteiger partial charge < -0.3 is 15.1 Å². The molecule has 7 heteroatoms. The molecule has 1 aliphatic heterocycles. The van der Waals surface area contributed by atoms with Gasteiger partial charge in [0.15, 0.2) is 5.82 Å². The van der Waals surface area contributed by atoms with Crippen LogP contribution in [0.4, 0.5) is 10.9 Å². The number of pyridine rings is 1. The van der Waals surface area contributed by atoms with Crippen LogP contribution in [0, 0.1) is 0 Å². The van der Waals surface area contributed by atoms with Gasteiger partial charge in [-0.2, -0.15) is 9.36 Å². The molecule has 0 aliphatic carbocycles. The molecule has 0 atom stereocenters. The Hall–Kier alpha value is -2.51. The van der Waals surface area contributed by atoms with Gasteiger partial charge in [-0.3, -0.25) is 0 Å². The van der Waals surface area contributed by atoms with Crippen molar-refractivity contribution < 1.29 is 0 Å². The normalized spacial score (nSPS) is 15.1. The van der Waals surface area contributed by atoms with E-state index < -0.39 is 0 Å². The summed E-state index contributed by atoms with van der Waals surface area (Å²) in [7, 11) is 0. The van der Waals surface area contributed by atoms with Gasteiger partial charge in [-0.15, -0.1) is 0 Å². The molecule has 1 N–H and O–H groups in total. The molecule has 3 aromatic rings. The third kappa shape index (κ3) is 4.43. The number of hydrogen-bond donors (Lipinski definition) is 1. The van der Waals surface area contributed by atoms with Gasteiger partial charge in [0.05, 0.1) is 0 Å². The molecule has 1 saturated heterocycles. The summed E-state index contributed by atoms with van der Waals surface area (Å²) in [5.41, 5.74) is 2.18. The molecule has 0 amide bonds. The molecule has 3 heterocycles. The minimum Gasteiger partial charge on any atom is -0.356 e. The maximum atomic E-state index is 4.65. The number of benzene rings is 1. The zero-order chi connectivity index (χ0) is 18.5. The predicted molar refractivity (Wildman–Crippen MR) is 111 cm³/mol. The first kappa shape index (κ1) is 17.9. The zero-order valence-corrected chi connectivity index (χ0v) is 16.3. The van der Waals surface area contributed by atoms with Crippen LogP contribution in [0.2, 0.25) is 0 Å². The van der Waals surface area contributed by atoms with E-state index in [1.165, 1.54) is 11.5 Å². The fourth-order valence-corrected chi connectivity index (χ4v) is 3.76. The van der Waals surface area contributed by atoms with Crippen molar-refractivity contribution in [2.24, 2.45) is 0 Å². The van der Waals surface area contributed by atoms with Gasteiger partial charge in [0.25, 0.3) is 0 Å². The Kier molecular flexibility index (Phi) is 5.60. The Morgan fingerprint density at radius 3 is 2.56 bits per heavy atom. The molecule has 1 fully saturated rings. The van der Waals surface area contributed by atoms with Crippen molar-refractivity contribution in [2.45, 2.75) is 13.5 Å². The summed E-state index contributed by atoms with van der Waals surface area (Å²) in [4.78, 5) is 14.1. The molecule has 140 valence electrons. The number of rotatable bonds is 6. The molecule has 2 aromatic heterocycles. The number of aromatic nitrogens is 3. The topological polar surface area (TPSA) is 57.2 Å². The van der Waals surface area contributed by atoms with E-state index in [-0.39, 0.29) is 0 Å². The lowest BCUT2D eigenvalue weighted by Gasteiger charge is -2.34. The number of nitrogens with one attached hydrogen (secondary N) is 1. The number of nitrogens with zero attached hydrogens (tertiary/aromatic N) is 5. The summed E-state index contributed by atoms with van der Waals surface area (Å²) >= 11 is 1.39. The summed E-state index contributed by atoms with van der Waals surface area (Å²) < 4.78 is 4.43. The van der Waals surface area contributed by atoms with Gasteiger partial charge in [0, 0.05) is 56.0 Å². The van der Waals surface area contributed by atoms with Crippen LogP contribution in [0.1, 0.15) is 12.5 Å². The SMILES string of the molecule is CCN1CCN(c2ccc(CNc3nc(-c4ccccc4)ns3)cn2)CC1. The summed E-state index contributed by atoms with van der Waals surface area (Å²) in [5, 5.41) is 4.18. The number of likely N-dealkylation sites (N-methyl/N-ethyl adjacent to an activating group) is 1. The second-order valence-corrected chi connectivity index (χ2v) is 7.34. The van der Waals surface area contributed by atoms with Crippen molar-refractivity contribution in [1.82, 2.24) is 19.2 Å². The Morgan fingerprint density at radius 2 is 1.85 bits per heavy atom. The van der Waals surface area contributed by atoms with Gasteiger partial charge >= 0.3 is 0 Å². The fourth-order valence-electron chi connectivity index (χ4n) is 3.18. The van der Waals surface area contributed by atoms with Crippen molar-refractivity contribution in [2.75, 3.05) is 42.9 Å². The van der Waals surface area contributed by atoms with Gasteiger partial charge in [0.2, 0.25) is 5.13 Å². The third-order valence-corrected chi connectivity index (χ3v) is 5.53. The largest absolute Gasteiger partial charge is 0.356 e. The minimum atomic E-state index is 0.695. The molecule has 1 aromatic carbocycles. The van der Waals surface area contributed by atoms with Crippen LogP contribution in [-0.2, 0) is 6.54 Å². The average molecular weight is 381 g/mol. The summed E-state index contributed by atoms with van der Waals surface area (Å²) in [6, 6.07) is 14.3. The summed E-state index contributed by atoms with van der Waals surface area (Å²) in [6.07, 6.45) is 1.95. The van der Waals surface area contributed by atoms with E-state index in [1.807, 2.05) is 36.5 Å². The molecule has 0 bridgehead atoms. The van der Waals surface area contributed by atoms with Crippen molar-refractivity contribution in [3.63, 3.8) is 0 Å². The highest BCUT2D eigenvalue weighted by Crippen LogP contribution is 2.21. The summed E-state index contributed by atoms with van der Waals surface area (Å²) in [5.74, 6) is 1.83. The van der Waals surface area contributed by atoms with Crippen LogP contribution in [0.25, 0.3) is 11.4 Å². The fraction of sp³-hybridized carbons (Fsp3) is 0.350. The second kappa shape index (κ2) is 8.45. The zero-order valence-electron chi connectivity index (χ0n) is 15.5. The lowest BCUT2D eigenvalue weighted by atomic mass is 10.2. The van der Waals surface area contributed by atoms with Crippen LogP contribution >= 0.6 is 11.5 Å². The first-order valence-corrected chi connectivity index (χ1v) is 10.1. The molecule has 6 nitrogen and oxygen atoms in total. The van der Waals surface area contributed by atoms with E-state index in [4.69, 9.17) is 0 Å². The van der Waals surface area contributed by atoms with Gasteiger partial charge in [-0.25, -0.2) is 4.98 Å². The van der Waals surface area contributed by atoms with E-state index in [0.717, 1.165) is 60.6 Å². The lowest BCUT2D eigenvalue weighted by molar-refractivity contribution is 0.270. The average Bonchev–Trinajstić information content (AvgIpc) is 3.22. The molecule has 27 heavy (non-hydrogen) atoms. The van der Waals surface area contributed by atoms with E-state index >= 15 is 0 Å². The van der Waals surface area contributed by atoms with Crippen molar-refractivity contribution >= 4 is 22.5 Å². The minimum absolute atomic E-state index is 0.695. The predicted octanol–water partition coefficient (Wildman–Crippen LogP) is 3.35. The molecule has 1 aliphatic rings. The van der Waals surface area contributed by atoms with E-state index in [2.05, 4.69) is 48.5 Å². The third-order valence-electron chi connectivity index (χ3n) is 4.85. The maximum Gasteiger partial charge on any atom is 0.203 e.